The number of anilines is 1. The minimum atomic E-state index is -1.13. The number of aliphatic carboxylic acids is 1. The van der Waals surface area contributed by atoms with Crippen molar-refractivity contribution in [2.45, 2.75) is 32.6 Å². The molecule has 1 unspecified atom stereocenters. The molecule has 2 N–H and O–H groups in total. The van der Waals surface area contributed by atoms with Crippen LogP contribution in [0, 0.1) is 5.92 Å². The summed E-state index contributed by atoms with van der Waals surface area (Å²) in [6, 6.07) is 1.90. The van der Waals surface area contributed by atoms with E-state index < -0.39 is 17.8 Å². The first-order chi connectivity index (χ1) is 8.58. The van der Waals surface area contributed by atoms with Crippen molar-refractivity contribution >= 4 is 17.6 Å². The number of pyridine rings is 1. The van der Waals surface area contributed by atoms with Gasteiger partial charge >= 0.3 is 5.97 Å². The van der Waals surface area contributed by atoms with Gasteiger partial charge in [-0.15, -0.1) is 0 Å². The third-order valence-corrected chi connectivity index (χ3v) is 3.20. The Morgan fingerprint density at radius 1 is 1.39 bits per heavy atom. The Bertz CT molecular complexity index is 485. The van der Waals surface area contributed by atoms with Crippen molar-refractivity contribution < 1.29 is 14.7 Å². The van der Waals surface area contributed by atoms with E-state index in [4.69, 9.17) is 5.11 Å². The van der Waals surface area contributed by atoms with Gasteiger partial charge in [-0.1, -0.05) is 0 Å². The van der Waals surface area contributed by atoms with Gasteiger partial charge in [0.05, 0.1) is 11.9 Å². The number of carbonyl (C=O) groups excluding carboxylic acids is 1. The van der Waals surface area contributed by atoms with Crippen LogP contribution in [0.3, 0.4) is 0 Å². The third-order valence-electron chi connectivity index (χ3n) is 3.20. The highest BCUT2D eigenvalue weighted by Crippen LogP contribution is 2.22. The Morgan fingerprint density at radius 2 is 2.11 bits per heavy atom. The second-order valence-corrected chi connectivity index (χ2v) is 4.59. The van der Waals surface area contributed by atoms with E-state index in [1.54, 1.807) is 6.20 Å². The van der Waals surface area contributed by atoms with Gasteiger partial charge in [-0.3, -0.25) is 14.6 Å². The summed E-state index contributed by atoms with van der Waals surface area (Å²) in [6.07, 6.45) is 5.84. The second kappa shape index (κ2) is 5.16. The van der Waals surface area contributed by atoms with Crippen LogP contribution < -0.4 is 5.32 Å². The highest BCUT2D eigenvalue weighted by atomic mass is 16.4. The molecular weight excluding hydrogens is 232 g/mol. The highest BCUT2D eigenvalue weighted by Gasteiger charge is 2.21. The average Bonchev–Trinajstić information content (AvgIpc) is 2.37. The number of carboxylic acids is 1. The van der Waals surface area contributed by atoms with Gasteiger partial charge in [-0.05, 0) is 44.2 Å². The first-order valence-corrected chi connectivity index (χ1v) is 6.09. The lowest BCUT2D eigenvalue weighted by Gasteiger charge is -2.16. The predicted molar refractivity (Wildman–Crippen MR) is 66.3 cm³/mol. The number of aromatic nitrogens is 1. The van der Waals surface area contributed by atoms with Crippen molar-refractivity contribution in [3.05, 3.63) is 23.5 Å². The minimum Gasteiger partial charge on any atom is -0.481 e. The van der Waals surface area contributed by atoms with E-state index in [9.17, 15) is 9.59 Å². The normalized spacial score (nSPS) is 15.6. The molecule has 18 heavy (non-hydrogen) atoms. The Balaban J connectivity index is 2.10. The lowest BCUT2D eigenvalue weighted by atomic mass is 9.96. The van der Waals surface area contributed by atoms with E-state index in [0.29, 0.717) is 5.69 Å². The van der Waals surface area contributed by atoms with Crippen LogP contribution in [0.15, 0.2) is 12.3 Å². The molecule has 5 nitrogen and oxygen atoms in total. The summed E-state index contributed by atoms with van der Waals surface area (Å²) in [7, 11) is 0. The number of rotatable bonds is 3. The predicted octanol–water partition coefficient (Wildman–Crippen LogP) is 1.62. The second-order valence-electron chi connectivity index (χ2n) is 4.59. The first-order valence-electron chi connectivity index (χ1n) is 6.09. The number of hydrogen-bond donors (Lipinski definition) is 2. The lowest BCUT2D eigenvalue weighted by Crippen LogP contribution is -2.27. The zero-order chi connectivity index (χ0) is 13.1. The molecule has 0 aliphatic heterocycles. The van der Waals surface area contributed by atoms with Crippen LogP contribution in [0.2, 0.25) is 0 Å². The maximum Gasteiger partial charge on any atom is 0.315 e. The Hall–Kier alpha value is -1.91. The van der Waals surface area contributed by atoms with Gasteiger partial charge < -0.3 is 10.4 Å². The van der Waals surface area contributed by atoms with Gasteiger partial charge in [-0.2, -0.15) is 0 Å². The maximum atomic E-state index is 11.6. The van der Waals surface area contributed by atoms with Crippen molar-refractivity contribution in [3.8, 4) is 0 Å². The number of nitrogens with zero attached hydrogens (tertiary/aromatic N) is 1. The van der Waals surface area contributed by atoms with Crippen LogP contribution >= 0.6 is 0 Å². The van der Waals surface area contributed by atoms with Crippen molar-refractivity contribution in [2.24, 2.45) is 5.92 Å². The van der Waals surface area contributed by atoms with Gasteiger partial charge in [0.1, 0.15) is 5.92 Å². The molecule has 0 saturated heterocycles. The maximum absolute atomic E-state index is 11.6. The van der Waals surface area contributed by atoms with Gasteiger partial charge in [0, 0.05) is 5.69 Å². The molecule has 0 spiro atoms. The van der Waals surface area contributed by atoms with E-state index in [0.717, 1.165) is 36.9 Å². The summed E-state index contributed by atoms with van der Waals surface area (Å²) in [5.41, 5.74) is 2.82. The average molecular weight is 248 g/mol. The molecule has 96 valence electrons. The van der Waals surface area contributed by atoms with Gasteiger partial charge in [0.2, 0.25) is 5.91 Å². The fourth-order valence-corrected chi connectivity index (χ4v) is 2.02. The van der Waals surface area contributed by atoms with E-state index in [1.807, 2.05) is 6.07 Å². The summed E-state index contributed by atoms with van der Waals surface area (Å²) in [5, 5.41) is 11.3. The monoisotopic (exact) mass is 248 g/mol. The molecule has 5 heteroatoms. The van der Waals surface area contributed by atoms with Crippen molar-refractivity contribution in [3.63, 3.8) is 0 Å². The molecule has 1 aliphatic rings. The summed E-state index contributed by atoms with van der Waals surface area (Å²) in [5.74, 6) is -2.69. The number of hydrogen-bond acceptors (Lipinski definition) is 3. The van der Waals surface area contributed by atoms with Crippen molar-refractivity contribution in [1.82, 2.24) is 4.98 Å². The smallest absolute Gasteiger partial charge is 0.315 e. The summed E-state index contributed by atoms with van der Waals surface area (Å²) >= 11 is 0. The third kappa shape index (κ3) is 2.67. The fraction of sp³-hybridized carbons (Fsp3) is 0.462. The van der Waals surface area contributed by atoms with Crippen LogP contribution in [-0.2, 0) is 22.4 Å². The number of aryl methyl sites for hydroxylation is 2. The molecule has 1 aliphatic carbocycles. The van der Waals surface area contributed by atoms with Crippen LogP contribution in [0.1, 0.15) is 31.0 Å². The van der Waals surface area contributed by atoms with Crippen LogP contribution in [0.25, 0.3) is 0 Å². The Kier molecular flexibility index (Phi) is 3.60. The quantitative estimate of drug-likeness (QED) is 0.797. The van der Waals surface area contributed by atoms with E-state index in [1.165, 1.54) is 6.92 Å². The minimum absolute atomic E-state index is 0.514. The van der Waals surface area contributed by atoms with Crippen LogP contribution in [-0.4, -0.2) is 22.0 Å². The molecule has 0 saturated carbocycles. The largest absolute Gasteiger partial charge is 0.481 e. The topological polar surface area (TPSA) is 79.3 Å². The Labute approximate surface area is 105 Å². The summed E-state index contributed by atoms with van der Waals surface area (Å²) in [6.45, 7) is 1.36. The number of carbonyl (C=O) groups is 2. The molecule has 1 aromatic rings. The van der Waals surface area contributed by atoms with Crippen molar-refractivity contribution in [1.29, 1.82) is 0 Å². The molecule has 0 bridgehead atoms. The Morgan fingerprint density at radius 3 is 2.83 bits per heavy atom. The molecule has 0 aromatic carbocycles. The van der Waals surface area contributed by atoms with Gasteiger partial charge in [0.25, 0.3) is 0 Å². The number of nitrogens with one attached hydrogen (secondary N) is 1. The van der Waals surface area contributed by atoms with E-state index in [2.05, 4.69) is 10.3 Å². The van der Waals surface area contributed by atoms with E-state index >= 15 is 0 Å². The summed E-state index contributed by atoms with van der Waals surface area (Å²) < 4.78 is 0. The standard InChI is InChI=1S/C13H16N2O3/c1-8(13(17)18)12(16)15-10-6-9-4-2-3-5-11(9)14-7-10/h6-8H,2-5H2,1H3,(H,15,16)(H,17,18). The van der Waals surface area contributed by atoms with Crippen molar-refractivity contribution in [2.75, 3.05) is 5.32 Å². The zero-order valence-electron chi connectivity index (χ0n) is 10.3. The number of amides is 1. The fourth-order valence-electron chi connectivity index (χ4n) is 2.02. The molecule has 0 fully saturated rings. The molecule has 1 atom stereocenters. The zero-order valence-corrected chi connectivity index (χ0v) is 10.3. The van der Waals surface area contributed by atoms with E-state index in [-0.39, 0.29) is 0 Å². The summed E-state index contributed by atoms with van der Waals surface area (Å²) in [4.78, 5) is 26.6. The van der Waals surface area contributed by atoms with Crippen LogP contribution in [0.5, 0.6) is 0 Å². The molecular formula is C13H16N2O3. The van der Waals surface area contributed by atoms with Gasteiger partial charge in [-0.25, -0.2) is 0 Å². The molecule has 1 amide bonds. The highest BCUT2D eigenvalue weighted by molar-refractivity contribution is 6.03. The number of fused-ring (bicyclic) bond motifs is 1. The number of carboxylic acid groups (broad SMARTS) is 1. The first kappa shape index (κ1) is 12.5. The molecule has 1 aromatic heterocycles. The van der Waals surface area contributed by atoms with Crippen LogP contribution in [0.4, 0.5) is 5.69 Å². The lowest BCUT2D eigenvalue weighted by molar-refractivity contribution is -0.144. The molecule has 0 radical (unpaired) electrons. The van der Waals surface area contributed by atoms with Gasteiger partial charge in [0.15, 0.2) is 0 Å². The molecule has 1 heterocycles. The molecule has 2 rings (SSSR count). The SMILES string of the molecule is CC(C(=O)O)C(=O)Nc1cnc2c(c1)CCCC2.